The molecule has 1 aromatic carbocycles. The second kappa shape index (κ2) is 11.2. The maximum absolute atomic E-state index is 15.0. The molecule has 2 aromatic heterocycles. The molecule has 5 rings (SSSR count). The SMILES string of the molecule is Cc1cc(NC(=O)C2CC2)cc(F)c1Oc1ncccc1-c1ccnc(N[C@H]2CC[C@H](N)CC2)n1.Cl. The van der Waals surface area contributed by atoms with E-state index in [1.165, 1.54) is 6.07 Å². The number of rotatable bonds is 7. The van der Waals surface area contributed by atoms with Gasteiger partial charge >= 0.3 is 0 Å². The van der Waals surface area contributed by atoms with Crippen molar-refractivity contribution < 1.29 is 13.9 Å². The molecule has 0 atom stereocenters. The summed E-state index contributed by atoms with van der Waals surface area (Å²) in [6.45, 7) is 1.73. The van der Waals surface area contributed by atoms with Gasteiger partial charge in [0.05, 0.1) is 11.3 Å². The van der Waals surface area contributed by atoms with E-state index < -0.39 is 5.82 Å². The first-order valence-electron chi connectivity index (χ1n) is 12.1. The van der Waals surface area contributed by atoms with Crippen molar-refractivity contribution in [2.45, 2.75) is 57.5 Å². The fourth-order valence-corrected chi connectivity index (χ4v) is 4.31. The van der Waals surface area contributed by atoms with Crippen LogP contribution in [0.1, 0.15) is 44.1 Å². The van der Waals surface area contributed by atoms with Crippen molar-refractivity contribution in [3.05, 3.63) is 54.1 Å². The number of ether oxygens (including phenoxy) is 1. The van der Waals surface area contributed by atoms with Crippen LogP contribution in [0.5, 0.6) is 11.6 Å². The number of nitrogens with one attached hydrogen (secondary N) is 2. The van der Waals surface area contributed by atoms with Gasteiger partial charge in [-0.3, -0.25) is 4.79 Å². The van der Waals surface area contributed by atoms with Crippen molar-refractivity contribution in [1.82, 2.24) is 15.0 Å². The number of benzene rings is 1. The van der Waals surface area contributed by atoms with Gasteiger partial charge in [0.1, 0.15) is 0 Å². The fourth-order valence-electron chi connectivity index (χ4n) is 4.31. The second-order valence-electron chi connectivity index (χ2n) is 9.35. The fraction of sp³-hybridized carbons (Fsp3) is 0.385. The molecular weight excluding hydrogens is 483 g/mol. The molecule has 0 bridgehead atoms. The third-order valence-electron chi connectivity index (χ3n) is 6.45. The zero-order chi connectivity index (χ0) is 24.4. The van der Waals surface area contributed by atoms with E-state index in [1.807, 2.05) is 6.07 Å². The zero-order valence-corrected chi connectivity index (χ0v) is 20.9. The summed E-state index contributed by atoms with van der Waals surface area (Å²) < 4.78 is 21.0. The lowest BCUT2D eigenvalue weighted by Crippen LogP contribution is -2.33. The van der Waals surface area contributed by atoms with Crippen molar-refractivity contribution in [2.24, 2.45) is 11.7 Å². The Bertz CT molecular complexity index is 1210. The van der Waals surface area contributed by atoms with E-state index in [1.54, 1.807) is 37.5 Å². The van der Waals surface area contributed by atoms with Gasteiger partial charge in [-0.25, -0.2) is 19.3 Å². The van der Waals surface area contributed by atoms with Gasteiger partial charge in [-0.1, -0.05) is 0 Å². The van der Waals surface area contributed by atoms with Crippen LogP contribution >= 0.6 is 12.4 Å². The molecule has 1 amide bonds. The molecule has 0 aliphatic heterocycles. The minimum atomic E-state index is -0.576. The molecule has 190 valence electrons. The van der Waals surface area contributed by atoms with Crippen LogP contribution in [0.2, 0.25) is 0 Å². The van der Waals surface area contributed by atoms with Gasteiger partial charge < -0.3 is 21.1 Å². The minimum absolute atomic E-state index is 0. The molecular formula is C26H30ClFN6O2. The molecule has 2 saturated carbocycles. The summed E-state index contributed by atoms with van der Waals surface area (Å²) in [6.07, 6.45) is 8.94. The van der Waals surface area contributed by atoms with Gasteiger partial charge in [-0.2, -0.15) is 0 Å². The van der Waals surface area contributed by atoms with Crippen molar-refractivity contribution in [1.29, 1.82) is 0 Å². The number of nitrogens with zero attached hydrogens (tertiary/aromatic N) is 3. The Balaban J connectivity index is 0.00000304. The topological polar surface area (TPSA) is 115 Å². The monoisotopic (exact) mass is 512 g/mol. The van der Waals surface area contributed by atoms with E-state index in [0.29, 0.717) is 28.5 Å². The number of carbonyl (C=O) groups excluding carboxylic acids is 1. The van der Waals surface area contributed by atoms with Crippen molar-refractivity contribution >= 4 is 29.9 Å². The predicted molar refractivity (Wildman–Crippen MR) is 139 cm³/mol. The number of hydrogen-bond donors (Lipinski definition) is 3. The third kappa shape index (κ3) is 6.09. The molecule has 0 saturated heterocycles. The predicted octanol–water partition coefficient (Wildman–Crippen LogP) is 5.23. The first-order valence-corrected chi connectivity index (χ1v) is 12.1. The van der Waals surface area contributed by atoms with Gasteiger partial charge in [0, 0.05) is 42.1 Å². The van der Waals surface area contributed by atoms with Gasteiger partial charge in [0.2, 0.25) is 17.7 Å². The standard InChI is InChI=1S/C26H29FN6O2.ClH/c1-15-13-19(31-24(34)16-4-5-16)14-21(27)23(15)35-25-20(3-2-11-29-25)22-10-12-30-26(33-22)32-18-8-6-17(28)7-9-18;/h2-3,10-14,16-18H,4-9,28H2,1H3,(H,31,34)(H,30,32,33);1H/t17-,18-;. The van der Waals surface area contributed by atoms with Crippen LogP contribution in [-0.2, 0) is 4.79 Å². The van der Waals surface area contributed by atoms with Crippen molar-refractivity contribution in [2.75, 3.05) is 10.6 Å². The number of nitrogens with two attached hydrogens (primary N) is 1. The van der Waals surface area contributed by atoms with Crippen LogP contribution < -0.4 is 21.1 Å². The molecule has 0 unspecified atom stereocenters. The summed E-state index contributed by atoms with van der Waals surface area (Å²) >= 11 is 0. The highest BCUT2D eigenvalue weighted by molar-refractivity contribution is 5.94. The Kier molecular flexibility index (Phi) is 8.01. The lowest BCUT2D eigenvalue weighted by Gasteiger charge is -2.26. The van der Waals surface area contributed by atoms with Gasteiger partial charge in [-0.15, -0.1) is 12.4 Å². The van der Waals surface area contributed by atoms with E-state index in [2.05, 4.69) is 25.6 Å². The van der Waals surface area contributed by atoms with Crippen LogP contribution in [-0.4, -0.2) is 32.9 Å². The average molecular weight is 513 g/mol. The quantitative estimate of drug-likeness (QED) is 0.397. The second-order valence-corrected chi connectivity index (χ2v) is 9.35. The first-order chi connectivity index (χ1) is 17.0. The number of carbonyl (C=O) groups is 1. The molecule has 2 fully saturated rings. The molecule has 10 heteroatoms. The number of pyridine rings is 1. The highest BCUT2D eigenvalue weighted by Crippen LogP contribution is 2.36. The minimum Gasteiger partial charge on any atom is -0.435 e. The number of amides is 1. The summed E-state index contributed by atoms with van der Waals surface area (Å²) in [6, 6.07) is 8.89. The third-order valence-corrected chi connectivity index (χ3v) is 6.45. The Hall–Kier alpha value is -3.30. The Labute approximate surface area is 215 Å². The summed E-state index contributed by atoms with van der Waals surface area (Å²) in [5.41, 5.74) is 8.21. The number of anilines is 2. The van der Waals surface area contributed by atoms with Gasteiger partial charge in [0.15, 0.2) is 11.6 Å². The molecule has 4 N–H and O–H groups in total. The number of aryl methyl sites for hydroxylation is 1. The summed E-state index contributed by atoms with van der Waals surface area (Å²) in [5.74, 6) is 0.198. The van der Waals surface area contributed by atoms with Crippen LogP contribution in [0.4, 0.5) is 16.0 Å². The smallest absolute Gasteiger partial charge is 0.228 e. The van der Waals surface area contributed by atoms with E-state index in [-0.39, 0.29) is 47.9 Å². The van der Waals surface area contributed by atoms with E-state index >= 15 is 4.39 Å². The van der Waals surface area contributed by atoms with E-state index in [9.17, 15) is 4.79 Å². The Morgan fingerprint density at radius 3 is 2.58 bits per heavy atom. The zero-order valence-electron chi connectivity index (χ0n) is 20.0. The first kappa shape index (κ1) is 25.8. The average Bonchev–Trinajstić information content (AvgIpc) is 3.69. The summed E-state index contributed by atoms with van der Waals surface area (Å²) in [5, 5.41) is 6.17. The number of halogens is 2. The van der Waals surface area contributed by atoms with Crippen molar-refractivity contribution in [3.63, 3.8) is 0 Å². The van der Waals surface area contributed by atoms with E-state index in [0.717, 1.165) is 38.5 Å². The molecule has 2 heterocycles. The van der Waals surface area contributed by atoms with Crippen LogP contribution in [0.25, 0.3) is 11.3 Å². The highest BCUT2D eigenvalue weighted by atomic mass is 35.5. The molecule has 0 spiro atoms. The molecule has 2 aliphatic rings. The lowest BCUT2D eigenvalue weighted by atomic mass is 9.92. The van der Waals surface area contributed by atoms with Crippen LogP contribution in [0.15, 0.2) is 42.7 Å². The summed E-state index contributed by atoms with van der Waals surface area (Å²) in [4.78, 5) is 25.4. The molecule has 8 nitrogen and oxygen atoms in total. The summed E-state index contributed by atoms with van der Waals surface area (Å²) in [7, 11) is 0. The normalized spacial score (nSPS) is 19.2. The maximum Gasteiger partial charge on any atom is 0.228 e. The maximum atomic E-state index is 15.0. The highest BCUT2D eigenvalue weighted by Gasteiger charge is 2.30. The molecule has 0 radical (unpaired) electrons. The lowest BCUT2D eigenvalue weighted by molar-refractivity contribution is -0.117. The van der Waals surface area contributed by atoms with Crippen LogP contribution in [0.3, 0.4) is 0 Å². The Morgan fingerprint density at radius 2 is 1.86 bits per heavy atom. The molecule has 36 heavy (non-hydrogen) atoms. The van der Waals surface area contributed by atoms with Gasteiger partial charge in [0.25, 0.3) is 0 Å². The number of aromatic nitrogens is 3. The van der Waals surface area contributed by atoms with Crippen molar-refractivity contribution in [3.8, 4) is 22.9 Å². The van der Waals surface area contributed by atoms with Crippen LogP contribution in [0, 0.1) is 18.7 Å². The largest absolute Gasteiger partial charge is 0.435 e. The Morgan fingerprint density at radius 1 is 1.08 bits per heavy atom. The molecule has 2 aliphatic carbocycles. The van der Waals surface area contributed by atoms with Gasteiger partial charge in [-0.05, 0) is 75.3 Å². The van der Waals surface area contributed by atoms with E-state index in [4.69, 9.17) is 10.5 Å². The number of hydrogen-bond acceptors (Lipinski definition) is 7. The molecule has 3 aromatic rings.